The van der Waals surface area contributed by atoms with Crippen LogP contribution in [0.15, 0.2) is 9.81 Å². The average molecular weight is 318 g/mol. The first kappa shape index (κ1) is 14.0. The number of nitrogens with zero attached hydrogens (tertiary/aromatic N) is 2. The summed E-state index contributed by atoms with van der Waals surface area (Å²) >= 11 is 12.6. The van der Waals surface area contributed by atoms with Gasteiger partial charge in [-0.2, -0.15) is 0 Å². The van der Waals surface area contributed by atoms with Crippen LogP contribution in [0.4, 0.5) is 0 Å². The van der Waals surface area contributed by atoms with Crippen LogP contribution in [-0.4, -0.2) is 43.3 Å². The third-order valence-electron chi connectivity index (χ3n) is 2.54. The molecule has 0 unspecified atom stereocenters. The first-order chi connectivity index (χ1) is 8.51. The lowest BCUT2D eigenvalue weighted by Crippen LogP contribution is -2.29. The summed E-state index contributed by atoms with van der Waals surface area (Å²) in [5.74, 6) is -0.381. The zero-order chi connectivity index (χ0) is 13.4. The highest BCUT2D eigenvalue weighted by Gasteiger charge is 2.40. The van der Waals surface area contributed by atoms with E-state index in [-0.39, 0.29) is 11.8 Å². The minimum Gasteiger partial charge on any atom is -0.293 e. The molecule has 0 aromatic heterocycles. The molecule has 0 aliphatic carbocycles. The highest BCUT2D eigenvalue weighted by atomic mass is 32.2. The summed E-state index contributed by atoms with van der Waals surface area (Å²) in [6.45, 7) is 4.74. The Bertz CT molecular complexity index is 456. The minimum atomic E-state index is -0.191. The van der Waals surface area contributed by atoms with Crippen LogP contribution in [0.3, 0.4) is 0 Å². The van der Waals surface area contributed by atoms with Crippen LogP contribution in [0.25, 0.3) is 0 Å². The Morgan fingerprint density at radius 2 is 1.22 bits per heavy atom. The lowest BCUT2D eigenvalue weighted by atomic mass is 10.4. The van der Waals surface area contributed by atoms with E-state index in [4.69, 9.17) is 24.4 Å². The smallest absolute Gasteiger partial charge is 0.267 e. The van der Waals surface area contributed by atoms with Crippen molar-refractivity contribution in [3.05, 3.63) is 9.81 Å². The lowest BCUT2D eigenvalue weighted by molar-refractivity contribution is -0.124. The summed E-state index contributed by atoms with van der Waals surface area (Å²) in [7, 11) is 0. The van der Waals surface area contributed by atoms with Gasteiger partial charge in [-0.3, -0.25) is 19.4 Å². The Kier molecular flexibility index (Phi) is 4.10. The highest BCUT2D eigenvalue weighted by molar-refractivity contribution is 8.29. The minimum absolute atomic E-state index is 0.191. The van der Waals surface area contributed by atoms with Gasteiger partial charge in [0.25, 0.3) is 11.8 Å². The number of thioether (sulfide) groups is 2. The summed E-state index contributed by atoms with van der Waals surface area (Å²) in [6.07, 6.45) is 0. The first-order valence-corrected chi connectivity index (χ1v) is 7.77. The van der Waals surface area contributed by atoms with Crippen molar-refractivity contribution in [1.29, 1.82) is 0 Å². The van der Waals surface area contributed by atoms with Crippen molar-refractivity contribution in [2.45, 2.75) is 13.8 Å². The maximum Gasteiger partial charge on any atom is 0.267 e. The van der Waals surface area contributed by atoms with Gasteiger partial charge < -0.3 is 0 Å². The standard InChI is InChI=1S/C10H10N2O2S4/c1-3-11-7(13)5(17-9(11)15)6-8(14)12(4-2)10(16)18-6/h3-4H2,1-2H3/b6-5-. The third-order valence-corrected chi connectivity index (χ3v) is 5.56. The van der Waals surface area contributed by atoms with E-state index in [1.54, 1.807) is 0 Å². The molecule has 0 aromatic rings. The molecule has 2 aliphatic rings. The van der Waals surface area contributed by atoms with E-state index in [0.717, 1.165) is 0 Å². The Labute approximate surface area is 124 Å². The van der Waals surface area contributed by atoms with E-state index in [0.29, 0.717) is 31.5 Å². The molecule has 2 rings (SSSR count). The van der Waals surface area contributed by atoms with Crippen LogP contribution in [0.5, 0.6) is 0 Å². The van der Waals surface area contributed by atoms with Gasteiger partial charge in [0.2, 0.25) is 0 Å². The van der Waals surface area contributed by atoms with Gasteiger partial charge in [-0.15, -0.1) is 0 Å². The second kappa shape index (κ2) is 5.28. The van der Waals surface area contributed by atoms with Gasteiger partial charge in [-0.05, 0) is 13.8 Å². The molecule has 0 atom stereocenters. The predicted octanol–water partition coefficient (Wildman–Crippen LogP) is 1.96. The van der Waals surface area contributed by atoms with Crippen LogP contribution in [0.1, 0.15) is 13.8 Å². The van der Waals surface area contributed by atoms with E-state index in [1.807, 2.05) is 13.8 Å². The molecule has 0 radical (unpaired) electrons. The molecule has 0 N–H and O–H groups in total. The SMILES string of the molecule is CCN1C(=O)/C(=C2/SC(=S)N(CC)C2=O)SC1=S. The Morgan fingerprint density at radius 1 is 0.889 bits per heavy atom. The number of amides is 2. The molecular formula is C10H10N2O2S4. The van der Waals surface area contributed by atoms with Crippen molar-refractivity contribution < 1.29 is 9.59 Å². The third kappa shape index (κ3) is 2.11. The van der Waals surface area contributed by atoms with Crippen molar-refractivity contribution in [2.24, 2.45) is 0 Å². The maximum absolute atomic E-state index is 12.1. The average Bonchev–Trinajstić information content (AvgIpc) is 2.76. The fourth-order valence-corrected chi connectivity index (χ4v) is 4.54. The maximum atomic E-state index is 12.1. The van der Waals surface area contributed by atoms with Crippen molar-refractivity contribution in [2.75, 3.05) is 13.1 Å². The number of hydrogen-bond donors (Lipinski definition) is 0. The molecule has 18 heavy (non-hydrogen) atoms. The Hall–Kier alpha value is -0.440. The van der Waals surface area contributed by atoms with Gasteiger partial charge in [0.15, 0.2) is 0 Å². The fourth-order valence-electron chi connectivity index (χ4n) is 1.62. The molecular weight excluding hydrogens is 308 g/mol. The van der Waals surface area contributed by atoms with Crippen LogP contribution < -0.4 is 0 Å². The molecule has 96 valence electrons. The summed E-state index contributed by atoms with van der Waals surface area (Å²) in [4.78, 5) is 28.0. The van der Waals surface area contributed by atoms with Gasteiger partial charge in [0, 0.05) is 13.1 Å². The Balaban J connectivity index is 2.40. The second-order valence-electron chi connectivity index (χ2n) is 3.49. The van der Waals surface area contributed by atoms with Crippen molar-refractivity contribution in [3.8, 4) is 0 Å². The predicted molar refractivity (Wildman–Crippen MR) is 82.2 cm³/mol. The number of carbonyl (C=O) groups is 2. The molecule has 2 aliphatic heterocycles. The summed E-state index contributed by atoms with van der Waals surface area (Å²) in [5, 5.41) is 0. The molecule has 0 bridgehead atoms. The van der Waals surface area contributed by atoms with Crippen LogP contribution >= 0.6 is 48.0 Å². The monoisotopic (exact) mass is 318 g/mol. The summed E-state index contributed by atoms with van der Waals surface area (Å²) in [5.41, 5.74) is 0. The van der Waals surface area contributed by atoms with E-state index in [2.05, 4.69) is 0 Å². The van der Waals surface area contributed by atoms with Crippen molar-refractivity contribution in [3.63, 3.8) is 0 Å². The zero-order valence-electron chi connectivity index (χ0n) is 9.76. The molecule has 0 spiro atoms. The molecule has 4 nitrogen and oxygen atoms in total. The quantitative estimate of drug-likeness (QED) is 0.573. The van der Waals surface area contributed by atoms with E-state index in [1.165, 1.54) is 33.3 Å². The number of hydrogen-bond acceptors (Lipinski definition) is 6. The Morgan fingerprint density at radius 3 is 1.44 bits per heavy atom. The van der Waals surface area contributed by atoms with Gasteiger partial charge >= 0.3 is 0 Å². The fraction of sp³-hybridized carbons (Fsp3) is 0.400. The molecule has 2 amide bonds. The molecule has 2 saturated heterocycles. The number of rotatable bonds is 2. The van der Waals surface area contributed by atoms with Crippen molar-refractivity contribution >= 4 is 68.4 Å². The molecule has 8 heteroatoms. The van der Waals surface area contributed by atoms with Crippen LogP contribution in [0, 0.1) is 0 Å². The van der Waals surface area contributed by atoms with Gasteiger partial charge in [0.05, 0.1) is 9.81 Å². The number of likely N-dealkylation sites (N-methyl/N-ethyl adjacent to an activating group) is 2. The lowest BCUT2D eigenvalue weighted by Gasteiger charge is -2.10. The number of carbonyl (C=O) groups excluding carboxylic acids is 2. The molecule has 0 aromatic carbocycles. The van der Waals surface area contributed by atoms with E-state index < -0.39 is 0 Å². The molecule has 2 heterocycles. The normalized spacial score (nSPS) is 24.8. The highest BCUT2D eigenvalue weighted by Crippen LogP contribution is 2.41. The molecule has 0 saturated carbocycles. The zero-order valence-corrected chi connectivity index (χ0v) is 13.0. The van der Waals surface area contributed by atoms with Crippen LogP contribution in [-0.2, 0) is 9.59 Å². The van der Waals surface area contributed by atoms with Gasteiger partial charge in [0.1, 0.15) is 8.64 Å². The summed E-state index contributed by atoms with van der Waals surface area (Å²) < 4.78 is 0.999. The topological polar surface area (TPSA) is 40.6 Å². The van der Waals surface area contributed by atoms with Crippen LogP contribution in [0.2, 0.25) is 0 Å². The van der Waals surface area contributed by atoms with E-state index in [9.17, 15) is 9.59 Å². The van der Waals surface area contributed by atoms with Gasteiger partial charge in [-0.1, -0.05) is 48.0 Å². The second-order valence-corrected chi connectivity index (χ2v) is 6.78. The van der Waals surface area contributed by atoms with Crippen molar-refractivity contribution in [1.82, 2.24) is 9.80 Å². The van der Waals surface area contributed by atoms with Gasteiger partial charge in [-0.25, -0.2) is 0 Å². The summed E-state index contributed by atoms with van der Waals surface area (Å²) in [6, 6.07) is 0. The first-order valence-electron chi connectivity index (χ1n) is 5.32. The van der Waals surface area contributed by atoms with E-state index >= 15 is 0 Å². The molecule has 2 fully saturated rings. The largest absolute Gasteiger partial charge is 0.293 e. The number of thiocarbonyl (C=S) groups is 2.